The number of amides is 1. The van der Waals surface area contributed by atoms with Crippen molar-refractivity contribution in [3.05, 3.63) is 81.9 Å². The molecule has 1 saturated heterocycles. The number of nitrogens with zero attached hydrogens (tertiary/aromatic N) is 2. The number of thiophene rings is 1. The zero-order valence-electron chi connectivity index (χ0n) is 17.0. The van der Waals surface area contributed by atoms with Crippen LogP contribution >= 0.6 is 22.9 Å². The predicted molar refractivity (Wildman–Crippen MR) is 124 cm³/mol. The number of piperazine rings is 1. The molecule has 4 rings (SSSR count). The second-order valence-electron chi connectivity index (χ2n) is 7.39. The topological polar surface area (TPSA) is 69.7 Å². The maximum absolute atomic E-state index is 14.1. The number of hydrogen-bond acceptors (Lipinski definition) is 5. The normalized spacial score (nSPS) is 15.0. The van der Waals surface area contributed by atoms with Crippen LogP contribution in [0.3, 0.4) is 0 Å². The molecule has 3 aromatic rings. The Kier molecular flexibility index (Phi) is 6.80. The first-order valence-electron chi connectivity index (χ1n) is 9.94. The van der Waals surface area contributed by atoms with Gasteiger partial charge < -0.3 is 4.90 Å². The molecule has 1 fully saturated rings. The van der Waals surface area contributed by atoms with E-state index in [0.29, 0.717) is 54.6 Å². The Balaban J connectivity index is 1.39. The Morgan fingerprint density at radius 3 is 2.50 bits per heavy atom. The van der Waals surface area contributed by atoms with Crippen LogP contribution in [0.5, 0.6) is 0 Å². The summed E-state index contributed by atoms with van der Waals surface area (Å²) in [5, 5.41) is 2.08. The number of rotatable bonds is 6. The van der Waals surface area contributed by atoms with Crippen LogP contribution in [0.2, 0.25) is 5.02 Å². The van der Waals surface area contributed by atoms with E-state index in [1.807, 2.05) is 0 Å². The molecule has 0 spiro atoms. The first-order chi connectivity index (χ1) is 15.3. The van der Waals surface area contributed by atoms with Gasteiger partial charge in [0.25, 0.3) is 15.9 Å². The van der Waals surface area contributed by atoms with E-state index >= 15 is 0 Å². The van der Waals surface area contributed by atoms with Gasteiger partial charge in [0.15, 0.2) is 0 Å². The highest BCUT2D eigenvalue weighted by Gasteiger charge is 2.24. The highest BCUT2D eigenvalue weighted by Crippen LogP contribution is 2.23. The lowest BCUT2D eigenvalue weighted by atomic mass is 10.1. The summed E-state index contributed by atoms with van der Waals surface area (Å²) in [4.78, 5) is 16.7. The zero-order valence-corrected chi connectivity index (χ0v) is 19.4. The third kappa shape index (κ3) is 5.12. The van der Waals surface area contributed by atoms with Gasteiger partial charge in [-0.25, -0.2) is 12.8 Å². The summed E-state index contributed by atoms with van der Waals surface area (Å²) in [6.45, 7) is 2.52. The summed E-state index contributed by atoms with van der Waals surface area (Å²) in [6.07, 6.45) is 0. The van der Waals surface area contributed by atoms with Crippen LogP contribution in [-0.2, 0) is 16.6 Å². The van der Waals surface area contributed by atoms with Crippen molar-refractivity contribution in [1.29, 1.82) is 0 Å². The molecule has 2 aromatic carbocycles. The van der Waals surface area contributed by atoms with Crippen LogP contribution in [0, 0.1) is 5.82 Å². The Bertz CT molecular complexity index is 1190. The summed E-state index contributed by atoms with van der Waals surface area (Å²) in [7, 11) is -3.69. The monoisotopic (exact) mass is 493 g/mol. The molecule has 32 heavy (non-hydrogen) atoms. The minimum Gasteiger partial charge on any atom is -0.336 e. The Labute approximate surface area is 195 Å². The lowest BCUT2D eigenvalue weighted by Gasteiger charge is -2.35. The fourth-order valence-electron chi connectivity index (χ4n) is 3.54. The van der Waals surface area contributed by atoms with Crippen molar-refractivity contribution in [1.82, 2.24) is 9.80 Å². The summed E-state index contributed by atoms with van der Waals surface area (Å²) < 4.78 is 41.7. The Morgan fingerprint density at radius 1 is 1.06 bits per heavy atom. The van der Waals surface area contributed by atoms with Gasteiger partial charge in [-0.15, -0.1) is 11.3 Å². The molecular formula is C22H21ClFN3O3S2. The molecule has 1 aliphatic heterocycles. The molecule has 0 bridgehead atoms. The number of nitrogens with one attached hydrogen (secondary N) is 1. The number of halogens is 2. The lowest BCUT2D eigenvalue weighted by molar-refractivity contribution is 0.0627. The number of hydrogen-bond donors (Lipinski definition) is 1. The van der Waals surface area contributed by atoms with Crippen molar-refractivity contribution in [2.45, 2.75) is 10.8 Å². The van der Waals surface area contributed by atoms with E-state index in [2.05, 4.69) is 9.62 Å². The molecule has 6 nitrogen and oxygen atoms in total. The van der Waals surface area contributed by atoms with Crippen molar-refractivity contribution in [3.8, 4) is 0 Å². The zero-order chi connectivity index (χ0) is 22.7. The number of anilines is 1. The molecule has 1 aromatic heterocycles. The minimum atomic E-state index is -3.69. The Hall–Kier alpha value is -2.46. The number of carbonyl (C=O) groups excluding carboxylic acids is 1. The van der Waals surface area contributed by atoms with E-state index in [4.69, 9.17) is 11.6 Å². The van der Waals surface area contributed by atoms with Crippen LogP contribution in [-0.4, -0.2) is 50.3 Å². The summed E-state index contributed by atoms with van der Waals surface area (Å²) in [6, 6.07) is 14.3. The van der Waals surface area contributed by atoms with Crippen molar-refractivity contribution in [2.24, 2.45) is 0 Å². The van der Waals surface area contributed by atoms with Crippen molar-refractivity contribution in [3.63, 3.8) is 0 Å². The van der Waals surface area contributed by atoms with Crippen LogP contribution in [0.15, 0.2) is 64.2 Å². The van der Waals surface area contributed by atoms with Crippen molar-refractivity contribution < 1.29 is 17.6 Å². The van der Waals surface area contributed by atoms with Gasteiger partial charge in [0, 0.05) is 54.6 Å². The van der Waals surface area contributed by atoms with Gasteiger partial charge in [0.2, 0.25) is 0 Å². The standard InChI is InChI=1S/C22H21ClFN3O3S2/c23-19-6-2-7-20(24)18(19)15-26-9-11-27(12-10-26)22(28)16-4-1-5-17(14-16)25-32(29,30)21-8-3-13-31-21/h1-8,13-14,25H,9-12,15H2. The highest BCUT2D eigenvalue weighted by atomic mass is 35.5. The third-order valence-corrected chi connectivity index (χ3v) is 8.36. The maximum atomic E-state index is 14.1. The lowest BCUT2D eigenvalue weighted by Crippen LogP contribution is -2.48. The molecule has 0 aliphatic carbocycles. The molecule has 1 N–H and O–H groups in total. The first kappa shape index (κ1) is 22.7. The molecule has 1 amide bonds. The molecular weight excluding hydrogens is 473 g/mol. The molecule has 2 heterocycles. The SMILES string of the molecule is O=C(c1cccc(NS(=O)(=O)c2cccs2)c1)N1CCN(Cc2c(F)cccc2Cl)CC1. The third-order valence-electron chi connectivity index (χ3n) is 5.22. The summed E-state index contributed by atoms with van der Waals surface area (Å²) in [5.74, 6) is -0.511. The van der Waals surface area contributed by atoms with E-state index in [1.54, 1.807) is 52.7 Å². The smallest absolute Gasteiger partial charge is 0.271 e. The van der Waals surface area contributed by atoms with Crippen molar-refractivity contribution >= 4 is 44.6 Å². The van der Waals surface area contributed by atoms with Crippen LogP contribution in [0.4, 0.5) is 10.1 Å². The molecule has 168 valence electrons. The second-order valence-corrected chi connectivity index (χ2v) is 10.7. The molecule has 0 atom stereocenters. The summed E-state index contributed by atoms with van der Waals surface area (Å²) >= 11 is 7.24. The van der Waals surface area contributed by atoms with Gasteiger partial charge in [-0.1, -0.05) is 29.8 Å². The first-order valence-corrected chi connectivity index (χ1v) is 12.7. The van der Waals surface area contributed by atoms with Gasteiger partial charge >= 0.3 is 0 Å². The van der Waals surface area contributed by atoms with E-state index < -0.39 is 10.0 Å². The highest BCUT2D eigenvalue weighted by molar-refractivity contribution is 7.94. The number of carbonyl (C=O) groups is 1. The number of benzene rings is 2. The van der Waals surface area contributed by atoms with E-state index in [-0.39, 0.29) is 15.9 Å². The predicted octanol–water partition coefficient (Wildman–Crippen LogP) is 4.30. The van der Waals surface area contributed by atoms with Gasteiger partial charge in [-0.3, -0.25) is 14.4 Å². The fraction of sp³-hybridized carbons (Fsp3) is 0.227. The minimum absolute atomic E-state index is 0.175. The van der Waals surface area contributed by atoms with Crippen LogP contribution in [0.25, 0.3) is 0 Å². The molecule has 0 saturated carbocycles. The molecule has 1 aliphatic rings. The fourth-order valence-corrected chi connectivity index (χ4v) is 5.80. The molecule has 0 unspecified atom stereocenters. The molecule has 0 radical (unpaired) electrons. The van der Waals surface area contributed by atoms with E-state index in [9.17, 15) is 17.6 Å². The maximum Gasteiger partial charge on any atom is 0.271 e. The Morgan fingerprint density at radius 2 is 1.81 bits per heavy atom. The van der Waals surface area contributed by atoms with Gasteiger partial charge in [-0.05, 0) is 41.8 Å². The average molecular weight is 494 g/mol. The quantitative estimate of drug-likeness (QED) is 0.556. The van der Waals surface area contributed by atoms with Gasteiger partial charge in [-0.2, -0.15) is 0 Å². The number of sulfonamides is 1. The van der Waals surface area contributed by atoms with Crippen LogP contribution in [0.1, 0.15) is 15.9 Å². The average Bonchev–Trinajstić information content (AvgIpc) is 3.32. The molecule has 10 heteroatoms. The largest absolute Gasteiger partial charge is 0.336 e. The van der Waals surface area contributed by atoms with Gasteiger partial charge in [0.1, 0.15) is 10.0 Å². The van der Waals surface area contributed by atoms with E-state index in [0.717, 1.165) is 11.3 Å². The van der Waals surface area contributed by atoms with Gasteiger partial charge in [0.05, 0.1) is 0 Å². The van der Waals surface area contributed by atoms with Crippen molar-refractivity contribution in [2.75, 3.05) is 30.9 Å². The summed E-state index contributed by atoms with van der Waals surface area (Å²) in [5.41, 5.74) is 1.19. The van der Waals surface area contributed by atoms with Crippen LogP contribution < -0.4 is 4.72 Å². The second kappa shape index (κ2) is 9.58. The van der Waals surface area contributed by atoms with E-state index in [1.165, 1.54) is 12.1 Å².